The number of para-hydroxylation sites is 1. The highest BCUT2D eigenvalue weighted by atomic mass is 35.5. The van der Waals surface area contributed by atoms with E-state index in [0.29, 0.717) is 10.7 Å². The Kier molecular flexibility index (Phi) is 4.74. The molecule has 2 atom stereocenters. The van der Waals surface area contributed by atoms with Crippen LogP contribution in [0.1, 0.15) is 0 Å². The van der Waals surface area contributed by atoms with Crippen LogP contribution < -0.4 is 10.2 Å². The van der Waals surface area contributed by atoms with Crippen molar-refractivity contribution in [1.29, 1.82) is 0 Å². The van der Waals surface area contributed by atoms with Crippen molar-refractivity contribution >= 4 is 52.3 Å². The Morgan fingerprint density at radius 1 is 1.07 bits per heavy atom. The Morgan fingerprint density at radius 2 is 1.82 bits per heavy atom. The van der Waals surface area contributed by atoms with Crippen molar-refractivity contribution in [3.05, 3.63) is 58.6 Å². The molecular weight excluding hydrogens is 405 g/mol. The number of rotatable bonds is 4. The van der Waals surface area contributed by atoms with E-state index in [9.17, 15) is 14.4 Å². The van der Waals surface area contributed by atoms with Gasteiger partial charge in [-0.2, -0.15) is 5.11 Å². The van der Waals surface area contributed by atoms with Gasteiger partial charge in [0, 0.05) is 10.7 Å². The molecule has 4 rings (SSSR count). The van der Waals surface area contributed by atoms with E-state index in [4.69, 9.17) is 23.2 Å². The zero-order chi connectivity index (χ0) is 19.8. The molecule has 2 heterocycles. The summed E-state index contributed by atoms with van der Waals surface area (Å²) in [6.07, 6.45) is 0. The fourth-order valence-electron chi connectivity index (χ4n) is 3.12. The fourth-order valence-corrected chi connectivity index (χ4v) is 3.62. The Hall–Kier alpha value is -2.97. The van der Waals surface area contributed by atoms with Gasteiger partial charge in [0.05, 0.1) is 10.7 Å². The van der Waals surface area contributed by atoms with E-state index in [1.165, 1.54) is 23.2 Å². The highest BCUT2D eigenvalue weighted by Crippen LogP contribution is 2.36. The number of nitrogens with one attached hydrogen (secondary N) is 1. The largest absolute Gasteiger partial charge is 0.324 e. The first-order valence-electron chi connectivity index (χ1n) is 8.31. The first-order valence-corrected chi connectivity index (χ1v) is 9.06. The van der Waals surface area contributed by atoms with E-state index >= 15 is 0 Å². The zero-order valence-electron chi connectivity index (χ0n) is 14.3. The number of fused-ring (bicyclic) bond motifs is 1. The van der Waals surface area contributed by atoms with Crippen LogP contribution in [0.5, 0.6) is 0 Å². The lowest BCUT2D eigenvalue weighted by molar-refractivity contribution is -0.123. The van der Waals surface area contributed by atoms with Crippen LogP contribution in [0, 0.1) is 0 Å². The number of halogens is 2. The standard InChI is InChI=1S/C18H13Cl2N5O3/c19-10-6-7-13(12(20)8-10)25-17(27)15-16(18(25)28)24(23-22-15)9-14(26)21-11-4-2-1-3-5-11/h1-8,15-16H,9H2,(H,21,26). The summed E-state index contributed by atoms with van der Waals surface area (Å²) in [5.41, 5.74) is 0.836. The van der Waals surface area contributed by atoms with Gasteiger partial charge in [-0.3, -0.25) is 19.4 Å². The maximum absolute atomic E-state index is 12.9. The Morgan fingerprint density at radius 3 is 2.54 bits per heavy atom. The second-order valence-electron chi connectivity index (χ2n) is 6.21. The molecule has 28 heavy (non-hydrogen) atoms. The molecule has 0 radical (unpaired) electrons. The number of carbonyl (C=O) groups excluding carboxylic acids is 3. The molecule has 2 aromatic carbocycles. The molecule has 1 saturated heterocycles. The minimum Gasteiger partial charge on any atom is -0.324 e. The lowest BCUT2D eigenvalue weighted by Gasteiger charge is -2.20. The van der Waals surface area contributed by atoms with Crippen molar-refractivity contribution in [2.45, 2.75) is 12.1 Å². The highest BCUT2D eigenvalue weighted by molar-refractivity contribution is 6.38. The van der Waals surface area contributed by atoms with Crippen molar-refractivity contribution in [2.24, 2.45) is 10.3 Å². The topological polar surface area (TPSA) is 94.4 Å². The van der Waals surface area contributed by atoms with Crippen LogP contribution in [0.15, 0.2) is 58.9 Å². The first-order chi connectivity index (χ1) is 13.5. The number of anilines is 2. The van der Waals surface area contributed by atoms with Crippen LogP contribution in [0.3, 0.4) is 0 Å². The van der Waals surface area contributed by atoms with Crippen LogP contribution in [-0.2, 0) is 14.4 Å². The third-order valence-electron chi connectivity index (χ3n) is 4.37. The number of benzene rings is 2. The van der Waals surface area contributed by atoms with Crippen LogP contribution in [0.25, 0.3) is 0 Å². The monoisotopic (exact) mass is 417 g/mol. The molecule has 0 spiro atoms. The van der Waals surface area contributed by atoms with E-state index in [0.717, 1.165) is 4.90 Å². The molecule has 2 aromatic rings. The van der Waals surface area contributed by atoms with Gasteiger partial charge in [0.2, 0.25) is 5.91 Å². The van der Waals surface area contributed by atoms with E-state index in [1.807, 2.05) is 6.07 Å². The molecule has 0 aliphatic carbocycles. The van der Waals surface area contributed by atoms with Crippen LogP contribution in [0.4, 0.5) is 11.4 Å². The molecule has 2 aliphatic rings. The second kappa shape index (κ2) is 7.21. The number of nitrogens with zero attached hydrogens (tertiary/aromatic N) is 4. The molecule has 1 fully saturated rings. The van der Waals surface area contributed by atoms with E-state index in [-0.39, 0.29) is 23.2 Å². The summed E-state index contributed by atoms with van der Waals surface area (Å²) >= 11 is 12.0. The number of hydrogen-bond donors (Lipinski definition) is 1. The van der Waals surface area contributed by atoms with Gasteiger partial charge in [-0.05, 0) is 30.3 Å². The van der Waals surface area contributed by atoms with Crippen molar-refractivity contribution in [3.8, 4) is 0 Å². The van der Waals surface area contributed by atoms with E-state index < -0.39 is 23.9 Å². The minimum atomic E-state index is -1.01. The van der Waals surface area contributed by atoms with Gasteiger partial charge < -0.3 is 5.32 Å². The third kappa shape index (κ3) is 3.21. The maximum Gasteiger partial charge on any atom is 0.263 e. The summed E-state index contributed by atoms with van der Waals surface area (Å²) in [6, 6.07) is 11.3. The molecular formula is C18H13Cl2N5O3. The quantitative estimate of drug-likeness (QED) is 0.773. The Bertz CT molecular complexity index is 998. The summed E-state index contributed by atoms with van der Waals surface area (Å²) in [5, 5.41) is 12.2. The Labute approximate surface area is 169 Å². The Balaban J connectivity index is 1.52. The molecule has 142 valence electrons. The van der Waals surface area contributed by atoms with Gasteiger partial charge in [0.25, 0.3) is 11.8 Å². The van der Waals surface area contributed by atoms with Crippen LogP contribution in [-0.4, -0.2) is 41.4 Å². The first kappa shape index (κ1) is 18.4. The molecule has 8 nitrogen and oxygen atoms in total. The highest BCUT2D eigenvalue weighted by Gasteiger charge is 2.55. The van der Waals surface area contributed by atoms with Crippen LogP contribution in [0.2, 0.25) is 10.0 Å². The molecule has 10 heteroatoms. The average Bonchev–Trinajstić information content (AvgIpc) is 3.17. The van der Waals surface area contributed by atoms with Crippen molar-refractivity contribution in [3.63, 3.8) is 0 Å². The lowest BCUT2D eigenvalue weighted by atomic mass is 10.1. The molecule has 0 saturated carbocycles. The normalized spacial score (nSPS) is 20.6. The van der Waals surface area contributed by atoms with Crippen molar-refractivity contribution in [2.75, 3.05) is 16.8 Å². The lowest BCUT2D eigenvalue weighted by Crippen LogP contribution is -2.43. The van der Waals surface area contributed by atoms with Gasteiger partial charge in [0.15, 0.2) is 12.1 Å². The average molecular weight is 418 g/mol. The predicted octanol–water partition coefficient (Wildman–Crippen LogP) is 2.93. The molecule has 1 N–H and O–H groups in total. The van der Waals surface area contributed by atoms with Gasteiger partial charge in [-0.1, -0.05) is 46.6 Å². The van der Waals surface area contributed by atoms with E-state index in [2.05, 4.69) is 15.7 Å². The summed E-state index contributed by atoms with van der Waals surface area (Å²) in [4.78, 5) is 38.8. The molecule has 2 unspecified atom stereocenters. The summed E-state index contributed by atoms with van der Waals surface area (Å²) < 4.78 is 0. The summed E-state index contributed by atoms with van der Waals surface area (Å²) in [5.74, 6) is -1.47. The van der Waals surface area contributed by atoms with Gasteiger partial charge in [-0.15, -0.1) is 0 Å². The third-order valence-corrected chi connectivity index (χ3v) is 4.91. The van der Waals surface area contributed by atoms with Gasteiger partial charge in [0.1, 0.15) is 6.54 Å². The maximum atomic E-state index is 12.9. The summed E-state index contributed by atoms with van der Waals surface area (Å²) in [7, 11) is 0. The smallest absolute Gasteiger partial charge is 0.263 e. The van der Waals surface area contributed by atoms with Crippen molar-refractivity contribution < 1.29 is 14.4 Å². The number of hydrogen-bond acceptors (Lipinski definition) is 6. The fraction of sp³-hybridized carbons (Fsp3) is 0.167. The summed E-state index contributed by atoms with van der Waals surface area (Å²) in [6.45, 7) is -0.221. The molecule has 2 aliphatic heterocycles. The zero-order valence-corrected chi connectivity index (χ0v) is 15.8. The number of carbonyl (C=O) groups is 3. The molecule has 0 bridgehead atoms. The minimum absolute atomic E-state index is 0.166. The second-order valence-corrected chi connectivity index (χ2v) is 7.06. The van der Waals surface area contributed by atoms with Crippen LogP contribution >= 0.6 is 23.2 Å². The molecule has 3 amide bonds. The predicted molar refractivity (Wildman–Crippen MR) is 103 cm³/mol. The molecule has 0 aromatic heterocycles. The van der Waals surface area contributed by atoms with E-state index in [1.54, 1.807) is 24.3 Å². The number of amides is 3. The SMILES string of the molecule is O=C(CN1N=NC2C(=O)N(c3ccc(Cl)cc3Cl)C(=O)C21)Nc1ccccc1. The van der Waals surface area contributed by atoms with Gasteiger partial charge in [-0.25, -0.2) is 4.90 Å². The van der Waals surface area contributed by atoms with Crippen molar-refractivity contribution in [1.82, 2.24) is 5.01 Å². The number of imide groups is 1. The van der Waals surface area contributed by atoms with Gasteiger partial charge >= 0.3 is 0 Å².